The lowest BCUT2D eigenvalue weighted by Gasteiger charge is -2.20. The Labute approximate surface area is 65.4 Å². The summed E-state index contributed by atoms with van der Waals surface area (Å²) in [5.74, 6) is 0. The Kier molecular flexibility index (Phi) is 2.09. The quantitative estimate of drug-likeness (QED) is 0.423. The van der Waals surface area contributed by atoms with Crippen molar-refractivity contribution >= 4 is 0 Å². The molecule has 0 N–H and O–H groups in total. The lowest BCUT2D eigenvalue weighted by atomic mass is 10.3. The first-order valence-electron chi connectivity index (χ1n) is 3.92. The molecule has 2 heterocycles. The smallest absolute Gasteiger partial charge is 0.192 e. The highest BCUT2D eigenvalue weighted by Crippen LogP contribution is 2.40. The molecule has 64 valence electrons. The predicted octanol–water partition coefficient (Wildman–Crippen LogP) is 0.121. The minimum atomic E-state index is -0.125. The molecule has 0 aromatic carbocycles. The Morgan fingerprint density at radius 2 is 2.18 bits per heavy atom. The van der Waals surface area contributed by atoms with Crippen molar-refractivity contribution in [1.29, 1.82) is 0 Å². The van der Waals surface area contributed by atoms with Crippen LogP contribution < -0.4 is 0 Å². The minimum Gasteiger partial charge on any atom is -0.379 e. The first-order valence-corrected chi connectivity index (χ1v) is 3.92. The van der Waals surface area contributed by atoms with Crippen molar-refractivity contribution < 1.29 is 18.9 Å². The Bertz CT molecular complexity index is 138. The largest absolute Gasteiger partial charge is 0.379 e. The molecule has 0 radical (unpaired) electrons. The summed E-state index contributed by atoms with van der Waals surface area (Å²) in [6.45, 7) is 3.91. The van der Waals surface area contributed by atoms with Crippen LogP contribution in [0.3, 0.4) is 0 Å². The molecule has 3 atom stereocenters. The van der Waals surface area contributed by atoms with Gasteiger partial charge in [0.05, 0.1) is 13.2 Å². The maximum Gasteiger partial charge on any atom is 0.192 e. The van der Waals surface area contributed by atoms with Crippen molar-refractivity contribution in [2.45, 2.75) is 25.6 Å². The number of fused-ring (bicyclic) bond motifs is 1. The van der Waals surface area contributed by atoms with E-state index in [0.717, 1.165) is 6.61 Å². The molecule has 0 amide bonds. The van der Waals surface area contributed by atoms with Gasteiger partial charge >= 0.3 is 0 Å². The fourth-order valence-electron chi connectivity index (χ4n) is 1.03. The van der Waals surface area contributed by atoms with Crippen LogP contribution in [0.15, 0.2) is 0 Å². The monoisotopic (exact) mass is 160 g/mol. The SMILES string of the molecule is CCOCCOC1OC2OC12. The van der Waals surface area contributed by atoms with Crippen LogP contribution in [0.2, 0.25) is 0 Å². The van der Waals surface area contributed by atoms with Gasteiger partial charge in [-0.3, -0.25) is 0 Å². The molecule has 2 saturated heterocycles. The first kappa shape index (κ1) is 7.49. The third kappa shape index (κ3) is 1.54. The van der Waals surface area contributed by atoms with Crippen LogP contribution in [0.4, 0.5) is 0 Å². The van der Waals surface area contributed by atoms with Crippen LogP contribution in [0.1, 0.15) is 6.92 Å². The van der Waals surface area contributed by atoms with Crippen molar-refractivity contribution in [1.82, 2.24) is 0 Å². The van der Waals surface area contributed by atoms with Gasteiger partial charge < -0.3 is 18.9 Å². The van der Waals surface area contributed by atoms with E-state index in [2.05, 4.69) is 0 Å². The van der Waals surface area contributed by atoms with E-state index >= 15 is 0 Å². The summed E-state index contributed by atoms with van der Waals surface area (Å²) in [7, 11) is 0. The van der Waals surface area contributed by atoms with E-state index < -0.39 is 0 Å². The summed E-state index contributed by atoms with van der Waals surface area (Å²) in [5, 5.41) is 0. The van der Waals surface area contributed by atoms with Gasteiger partial charge in [0.2, 0.25) is 0 Å². The van der Waals surface area contributed by atoms with E-state index in [1.54, 1.807) is 0 Å². The molecule has 0 aromatic rings. The molecule has 0 aliphatic carbocycles. The van der Waals surface area contributed by atoms with Crippen LogP contribution >= 0.6 is 0 Å². The second-order valence-electron chi connectivity index (χ2n) is 2.54. The lowest BCUT2D eigenvalue weighted by molar-refractivity contribution is -0.206. The van der Waals surface area contributed by atoms with E-state index in [0.29, 0.717) is 13.2 Å². The molecule has 0 spiro atoms. The van der Waals surface area contributed by atoms with E-state index in [1.807, 2.05) is 6.92 Å². The molecule has 4 nitrogen and oxygen atoms in total. The second-order valence-corrected chi connectivity index (χ2v) is 2.54. The molecule has 2 aliphatic heterocycles. The topological polar surface area (TPSA) is 40.2 Å². The maximum absolute atomic E-state index is 5.26. The molecule has 4 heteroatoms. The summed E-state index contributed by atoms with van der Waals surface area (Å²) in [6.07, 6.45) is 0.143. The molecular formula is C7H12O4. The van der Waals surface area contributed by atoms with Gasteiger partial charge in [-0.25, -0.2) is 0 Å². The molecule has 11 heavy (non-hydrogen) atoms. The summed E-state index contributed by atoms with van der Waals surface area (Å²) >= 11 is 0. The summed E-state index contributed by atoms with van der Waals surface area (Å²) < 4.78 is 20.4. The highest BCUT2D eigenvalue weighted by atomic mass is 16.9. The van der Waals surface area contributed by atoms with Gasteiger partial charge in [0.1, 0.15) is 0 Å². The average molecular weight is 160 g/mol. The standard InChI is InChI=1S/C7H12O4/c1-2-8-3-4-9-6-5-7(10-5)11-6/h5-7H,2-4H2,1H3. The fourth-order valence-corrected chi connectivity index (χ4v) is 1.03. The van der Waals surface area contributed by atoms with Gasteiger partial charge in [-0.15, -0.1) is 0 Å². The van der Waals surface area contributed by atoms with E-state index in [1.165, 1.54) is 0 Å². The number of epoxide rings is 1. The van der Waals surface area contributed by atoms with Gasteiger partial charge in [0.25, 0.3) is 0 Å². The van der Waals surface area contributed by atoms with Crippen molar-refractivity contribution in [3.05, 3.63) is 0 Å². The summed E-state index contributed by atoms with van der Waals surface area (Å²) in [4.78, 5) is 0. The Morgan fingerprint density at radius 1 is 1.27 bits per heavy atom. The minimum absolute atomic E-state index is 0.0482. The molecule has 2 fully saturated rings. The average Bonchev–Trinajstić information content (AvgIpc) is 2.62. The predicted molar refractivity (Wildman–Crippen MR) is 36.0 cm³/mol. The van der Waals surface area contributed by atoms with E-state index in [9.17, 15) is 0 Å². The Balaban J connectivity index is 1.47. The van der Waals surface area contributed by atoms with Gasteiger partial charge in [-0.05, 0) is 6.92 Å². The number of hydrogen-bond acceptors (Lipinski definition) is 4. The number of ether oxygens (including phenoxy) is 4. The lowest BCUT2D eigenvalue weighted by Crippen LogP contribution is -2.36. The van der Waals surface area contributed by atoms with Crippen LogP contribution in [0.5, 0.6) is 0 Å². The van der Waals surface area contributed by atoms with Crippen molar-refractivity contribution in [3.8, 4) is 0 Å². The summed E-state index contributed by atoms with van der Waals surface area (Å²) in [5.41, 5.74) is 0. The maximum atomic E-state index is 5.26. The Morgan fingerprint density at radius 3 is 2.73 bits per heavy atom. The van der Waals surface area contributed by atoms with Gasteiger partial charge in [-0.1, -0.05) is 0 Å². The molecule has 2 aliphatic rings. The number of hydrogen-bond donors (Lipinski definition) is 0. The van der Waals surface area contributed by atoms with Gasteiger partial charge in [0.15, 0.2) is 18.7 Å². The molecule has 0 bridgehead atoms. The van der Waals surface area contributed by atoms with Crippen molar-refractivity contribution in [3.63, 3.8) is 0 Å². The second kappa shape index (κ2) is 3.06. The Hall–Kier alpha value is -0.160. The normalized spacial score (nSPS) is 39.5. The van der Waals surface area contributed by atoms with Crippen LogP contribution in [0.25, 0.3) is 0 Å². The molecule has 3 unspecified atom stereocenters. The highest BCUT2D eigenvalue weighted by molar-refractivity contribution is 4.90. The van der Waals surface area contributed by atoms with Crippen LogP contribution in [-0.4, -0.2) is 38.5 Å². The third-order valence-corrected chi connectivity index (χ3v) is 1.73. The molecule has 0 saturated carbocycles. The summed E-state index contributed by atoms with van der Waals surface area (Å²) in [6, 6.07) is 0. The molecule has 2 rings (SSSR count). The highest BCUT2D eigenvalue weighted by Gasteiger charge is 2.59. The molecule has 0 aromatic heterocycles. The van der Waals surface area contributed by atoms with Crippen LogP contribution in [0, 0.1) is 0 Å². The number of rotatable bonds is 5. The zero-order valence-electron chi connectivity index (χ0n) is 6.49. The zero-order chi connectivity index (χ0) is 7.68. The van der Waals surface area contributed by atoms with Gasteiger partial charge in [-0.2, -0.15) is 0 Å². The van der Waals surface area contributed by atoms with Gasteiger partial charge in [0, 0.05) is 6.61 Å². The van der Waals surface area contributed by atoms with E-state index in [4.69, 9.17) is 18.9 Å². The zero-order valence-corrected chi connectivity index (χ0v) is 6.49. The van der Waals surface area contributed by atoms with E-state index in [-0.39, 0.29) is 18.7 Å². The van der Waals surface area contributed by atoms with Crippen molar-refractivity contribution in [2.24, 2.45) is 0 Å². The molecular weight excluding hydrogens is 148 g/mol. The van der Waals surface area contributed by atoms with Crippen LogP contribution in [-0.2, 0) is 18.9 Å². The third-order valence-electron chi connectivity index (χ3n) is 1.73. The van der Waals surface area contributed by atoms with Crippen molar-refractivity contribution in [2.75, 3.05) is 19.8 Å². The first-order chi connectivity index (χ1) is 5.42. The fraction of sp³-hybridized carbons (Fsp3) is 1.00.